The van der Waals surface area contributed by atoms with E-state index in [1.54, 1.807) is 4.90 Å². The summed E-state index contributed by atoms with van der Waals surface area (Å²) in [7, 11) is -1.20. The van der Waals surface area contributed by atoms with Gasteiger partial charge >= 0.3 is 6.09 Å². The van der Waals surface area contributed by atoms with Crippen molar-refractivity contribution in [1.82, 2.24) is 9.62 Å². The lowest BCUT2D eigenvalue weighted by Gasteiger charge is -2.44. The molecule has 1 unspecified atom stereocenters. The first-order valence-electron chi connectivity index (χ1n) is 10.3. The summed E-state index contributed by atoms with van der Waals surface area (Å²) in [5, 5.41) is 0.695. The maximum absolute atomic E-state index is 13.0. The number of ether oxygens (including phenoxy) is 1. The van der Waals surface area contributed by atoms with E-state index in [1.807, 2.05) is 53.7 Å². The van der Waals surface area contributed by atoms with Crippen molar-refractivity contribution in [3.05, 3.63) is 34.3 Å². The number of hydrogen-bond acceptors (Lipinski definition) is 3. The Morgan fingerprint density at radius 3 is 2.38 bits per heavy atom. The number of carbonyl (C=O) groups excluding carboxylic acids is 1. The van der Waals surface area contributed by atoms with Gasteiger partial charge < -0.3 is 9.64 Å². The predicted octanol–water partition coefficient (Wildman–Crippen LogP) is 5.01. The van der Waals surface area contributed by atoms with E-state index < -0.39 is 16.6 Å². The Hall–Kier alpha value is -1.11. The molecule has 3 rings (SSSR count). The lowest BCUT2D eigenvalue weighted by Crippen LogP contribution is -2.49. The van der Waals surface area contributed by atoms with Crippen molar-refractivity contribution < 1.29 is 13.7 Å². The normalized spacial score (nSPS) is 22.4. The van der Waals surface area contributed by atoms with Crippen LogP contribution in [0.3, 0.4) is 0 Å². The molecule has 7 heteroatoms. The smallest absolute Gasteiger partial charge is 0.410 e. The molecule has 1 N–H and O–H groups in total. The summed E-state index contributed by atoms with van der Waals surface area (Å²) in [6.45, 7) is 12.8. The molecule has 2 aliphatic rings. The topological polar surface area (TPSA) is 58.6 Å². The Morgan fingerprint density at radius 1 is 1.21 bits per heavy atom. The lowest BCUT2D eigenvalue weighted by molar-refractivity contribution is 0.00724. The summed E-state index contributed by atoms with van der Waals surface area (Å²) >= 11 is 6.30. The molecule has 162 valence electrons. The number of piperidine rings is 1. The molecule has 0 bridgehead atoms. The van der Waals surface area contributed by atoms with Gasteiger partial charge in [0.2, 0.25) is 0 Å². The number of halogens is 1. The monoisotopic (exact) mass is 440 g/mol. The summed E-state index contributed by atoms with van der Waals surface area (Å²) < 4.78 is 21.6. The fourth-order valence-electron chi connectivity index (χ4n) is 4.21. The van der Waals surface area contributed by atoms with Crippen molar-refractivity contribution in [2.75, 3.05) is 13.1 Å². The second-order valence-electron chi connectivity index (χ2n) is 10.3. The molecule has 1 aliphatic carbocycles. The van der Waals surface area contributed by atoms with Crippen molar-refractivity contribution in [3.8, 4) is 0 Å². The van der Waals surface area contributed by atoms with Crippen LogP contribution in [0, 0.1) is 5.41 Å². The van der Waals surface area contributed by atoms with E-state index in [0.29, 0.717) is 18.1 Å². The number of nitrogens with zero attached hydrogens (tertiary/aromatic N) is 1. The Labute approximate surface area is 182 Å². The Kier molecular flexibility index (Phi) is 6.12. The average molecular weight is 441 g/mol. The summed E-state index contributed by atoms with van der Waals surface area (Å²) in [5.41, 5.74) is 1.82. The number of hydrogen-bond donors (Lipinski definition) is 1. The second-order valence-corrected chi connectivity index (χ2v) is 12.7. The van der Waals surface area contributed by atoms with Gasteiger partial charge in [-0.1, -0.05) is 17.7 Å². The van der Waals surface area contributed by atoms with Crippen LogP contribution in [-0.2, 0) is 22.1 Å². The minimum atomic E-state index is -1.20. The first-order chi connectivity index (χ1) is 13.3. The van der Waals surface area contributed by atoms with E-state index in [0.717, 1.165) is 24.8 Å². The highest BCUT2D eigenvalue weighted by Crippen LogP contribution is 2.53. The largest absolute Gasteiger partial charge is 0.444 e. The Bertz CT molecular complexity index is 805. The van der Waals surface area contributed by atoms with Crippen LogP contribution in [0.15, 0.2) is 18.2 Å². The Balaban J connectivity index is 1.82. The van der Waals surface area contributed by atoms with Crippen LogP contribution in [-0.4, -0.2) is 38.6 Å². The first-order valence-corrected chi connectivity index (χ1v) is 11.8. The summed E-state index contributed by atoms with van der Waals surface area (Å²) in [5.74, 6) is 0. The van der Waals surface area contributed by atoms with Gasteiger partial charge in [-0.05, 0) is 89.5 Å². The summed E-state index contributed by atoms with van der Waals surface area (Å²) in [6, 6.07) is 5.97. The van der Waals surface area contributed by atoms with Crippen LogP contribution in [0.1, 0.15) is 71.6 Å². The van der Waals surface area contributed by atoms with Crippen LogP contribution in [0.4, 0.5) is 4.79 Å². The van der Waals surface area contributed by atoms with Gasteiger partial charge in [0, 0.05) is 18.1 Å². The molecular formula is C22H33ClN2O3S. The molecule has 1 saturated heterocycles. The molecule has 1 aromatic carbocycles. The molecule has 1 fully saturated rings. The van der Waals surface area contributed by atoms with E-state index in [-0.39, 0.29) is 22.3 Å². The highest BCUT2D eigenvalue weighted by Gasteiger charge is 2.49. The molecule has 0 aromatic heterocycles. The summed E-state index contributed by atoms with van der Waals surface area (Å²) in [4.78, 5) is 14.3. The van der Waals surface area contributed by atoms with Gasteiger partial charge in [0.25, 0.3) is 0 Å². The number of carbonyl (C=O) groups is 1. The zero-order chi connectivity index (χ0) is 21.6. The van der Waals surface area contributed by atoms with Crippen molar-refractivity contribution in [2.45, 2.75) is 77.2 Å². The van der Waals surface area contributed by atoms with Crippen LogP contribution in [0.25, 0.3) is 0 Å². The molecule has 1 amide bonds. The molecule has 2 atom stereocenters. The average Bonchev–Trinajstić information content (AvgIpc) is 2.86. The number of fused-ring (bicyclic) bond motifs is 1. The second kappa shape index (κ2) is 7.86. The minimum Gasteiger partial charge on any atom is -0.444 e. The number of rotatable bonds is 2. The molecule has 0 radical (unpaired) electrons. The zero-order valence-corrected chi connectivity index (χ0v) is 19.9. The van der Waals surface area contributed by atoms with Crippen LogP contribution in [0.2, 0.25) is 5.02 Å². The number of amides is 1. The molecule has 5 nitrogen and oxygen atoms in total. The number of benzene rings is 1. The fraction of sp³-hybridized carbons (Fsp3) is 0.682. The van der Waals surface area contributed by atoms with E-state index in [1.165, 1.54) is 5.56 Å². The van der Waals surface area contributed by atoms with Gasteiger partial charge in [-0.15, -0.1) is 0 Å². The van der Waals surface area contributed by atoms with E-state index >= 15 is 0 Å². The van der Waals surface area contributed by atoms with Crippen LogP contribution < -0.4 is 4.72 Å². The SMILES string of the molecule is CC(C)(C)OC(=O)N1CCC2(CC1)Cc1ccc(Cl)cc1[C@H]2NS(=O)C(C)(C)C. The highest BCUT2D eigenvalue weighted by atomic mass is 35.5. The molecule has 1 aromatic rings. The third-order valence-corrected chi connectivity index (χ3v) is 7.56. The molecule has 1 spiro atoms. The number of likely N-dealkylation sites (tertiary alicyclic amines) is 1. The van der Waals surface area contributed by atoms with Crippen molar-refractivity contribution in [3.63, 3.8) is 0 Å². The predicted molar refractivity (Wildman–Crippen MR) is 118 cm³/mol. The molecule has 1 aliphatic heterocycles. The van der Waals surface area contributed by atoms with Gasteiger partial charge in [-0.3, -0.25) is 0 Å². The van der Waals surface area contributed by atoms with Crippen LogP contribution in [0.5, 0.6) is 0 Å². The van der Waals surface area contributed by atoms with Crippen molar-refractivity contribution in [2.24, 2.45) is 5.41 Å². The highest BCUT2D eigenvalue weighted by molar-refractivity contribution is 7.84. The van der Waals surface area contributed by atoms with Gasteiger partial charge in [0.15, 0.2) is 0 Å². The molecule has 0 saturated carbocycles. The van der Waals surface area contributed by atoms with Gasteiger partial charge in [-0.2, -0.15) is 0 Å². The van der Waals surface area contributed by atoms with Gasteiger partial charge in [-0.25, -0.2) is 13.7 Å². The quantitative estimate of drug-likeness (QED) is 0.703. The van der Waals surface area contributed by atoms with E-state index in [4.69, 9.17) is 16.3 Å². The number of nitrogens with one attached hydrogen (secondary N) is 1. The third-order valence-electron chi connectivity index (χ3n) is 5.77. The molecule has 29 heavy (non-hydrogen) atoms. The minimum absolute atomic E-state index is 0.0444. The van der Waals surface area contributed by atoms with Crippen LogP contribution >= 0.6 is 11.6 Å². The van der Waals surface area contributed by atoms with E-state index in [2.05, 4.69) is 10.8 Å². The zero-order valence-electron chi connectivity index (χ0n) is 18.3. The van der Waals surface area contributed by atoms with Crippen molar-refractivity contribution in [1.29, 1.82) is 0 Å². The van der Waals surface area contributed by atoms with Gasteiger partial charge in [0.05, 0.1) is 21.8 Å². The third kappa shape index (κ3) is 4.97. The standard InChI is InChI=1S/C22H33ClN2O3S/c1-20(2,3)28-19(26)25-11-9-22(10-12-25)14-15-7-8-16(23)13-17(15)18(22)24-29(27)21(4,5)6/h7-8,13,18,24H,9-12,14H2,1-6H3/t18-,29?/m1/s1. The summed E-state index contributed by atoms with van der Waals surface area (Å²) in [6.07, 6.45) is 2.31. The maximum atomic E-state index is 13.0. The maximum Gasteiger partial charge on any atom is 0.410 e. The first kappa shape index (κ1) is 22.6. The van der Waals surface area contributed by atoms with E-state index in [9.17, 15) is 9.00 Å². The van der Waals surface area contributed by atoms with Crippen molar-refractivity contribution >= 4 is 28.7 Å². The molecular weight excluding hydrogens is 408 g/mol. The molecule has 1 heterocycles. The fourth-order valence-corrected chi connectivity index (χ4v) is 5.33. The van der Waals surface area contributed by atoms with Gasteiger partial charge in [0.1, 0.15) is 5.60 Å². The lowest BCUT2D eigenvalue weighted by atomic mass is 9.73. The Morgan fingerprint density at radius 2 is 1.83 bits per heavy atom.